The highest BCUT2D eigenvalue weighted by Gasteiger charge is 1.77. The van der Waals surface area contributed by atoms with E-state index in [0.29, 0.717) is 0 Å². The number of hydrogen-bond donors (Lipinski definition) is 0. The lowest BCUT2D eigenvalue weighted by Crippen LogP contribution is -1.75. The lowest BCUT2D eigenvalue weighted by molar-refractivity contribution is 1.00. The number of rotatable bonds is 0. The quantitative estimate of drug-likeness (QED) is 0.629. The summed E-state index contributed by atoms with van der Waals surface area (Å²) in [6.45, 7) is 0. The van der Waals surface area contributed by atoms with Crippen molar-refractivity contribution < 1.29 is 0 Å². The maximum absolute atomic E-state index is 3.65. The Labute approximate surface area is 61.9 Å². The van der Waals surface area contributed by atoms with Gasteiger partial charge in [0.2, 0.25) is 0 Å². The highest BCUT2D eigenvalue weighted by molar-refractivity contribution is 9.10. The molecule has 4 heteroatoms. The topological polar surface area (TPSA) is 25.8 Å². The van der Waals surface area contributed by atoms with Crippen LogP contribution in [-0.4, -0.2) is 10.2 Å². The van der Waals surface area contributed by atoms with Gasteiger partial charge in [0.05, 0.1) is 0 Å². The third kappa shape index (κ3) is 2.23. The molecule has 0 aromatic carbocycles. The molecular formula is C4H4BrClN2. The second-order valence-electron chi connectivity index (χ2n) is 1.05. The third-order valence-corrected chi connectivity index (χ3v) is 0.963. The maximum atomic E-state index is 3.65. The molecular weight excluding hydrogens is 191 g/mol. The zero-order chi connectivity index (χ0) is 5.11. The molecule has 0 saturated heterocycles. The SMILES string of the molecule is Brc1cccnn1.Cl. The largest absolute Gasteiger partial charge is 0.158 e. The molecule has 0 spiro atoms. The van der Waals surface area contributed by atoms with E-state index >= 15 is 0 Å². The Kier molecular flexibility index (Phi) is 3.73. The molecule has 0 saturated carbocycles. The van der Waals surface area contributed by atoms with Gasteiger partial charge in [-0.15, -0.1) is 17.5 Å². The molecule has 8 heavy (non-hydrogen) atoms. The first-order valence-electron chi connectivity index (χ1n) is 1.83. The smallest absolute Gasteiger partial charge is 0.128 e. The van der Waals surface area contributed by atoms with Crippen LogP contribution in [0.4, 0.5) is 0 Å². The van der Waals surface area contributed by atoms with Crippen molar-refractivity contribution in [1.82, 2.24) is 10.2 Å². The number of halogens is 2. The fraction of sp³-hybridized carbons (Fsp3) is 0. The van der Waals surface area contributed by atoms with Gasteiger partial charge in [-0.25, -0.2) is 0 Å². The van der Waals surface area contributed by atoms with Crippen molar-refractivity contribution in [1.29, 1.82) is 0 Å². The van der Waals surface area contributed by atoms with E-state index in [9.17, 15) is 0 Å². The molecule has 0 aliphatic carbocycles. The summed E-state index contributed by atoms with van der Waals surface area (Å²) in [5.74, 6) is 0. The minimum Gasteiger partial charge on any atom is -0.158 e. The molecule has 0 bridgehead atoms. The van der Waals surface area contributed by atoms with Crippen LogP contribution in [0.25, 0.3) is 0 Å². The molecule has 0 atom stereocenters. The van der Waals surface area contributed by atoms with Crippen LogP contribution in [0.1, 0.15) is 0 Å². The lowest BCUT2D eigenvalue weighted by Gasteiger charge is -1.78. The highest BCUT2D eigenvalue weighted by Crippen LogP contribution is 1.98. The standard InChI is InChI=1S/C4H3BrN2.ClH/c5-4-2-1-3-6-7-4;/h1-3H;1H. The molecule has 0 radical (unpaired) electrons. The summed E-state index contributed by atoms with van der Waals surface area (Å²) in [6, 6.07) is 3.64. The molecule has 0 aliphatic heterocycles. The molecule has 1 heterocycles. The van der Waals surface area contributed by atoms with Gasteiger partial charge in [-0.1, -0.05) is 0 Å². The highest BCUT2D eigenvalue weighted by atomic mass is 79.9. The van der Waals surface area contributed by atoms with Gasteiger partial charge in [-0.2, -0.15) is 5.10 Å². The Morgan fingerprint density at radius 3 is 2.50 bits per heavy atom. The van der Waals surface area contributed by atoms with Gasteiger partial charge >= 0.3 is 0 Å². The second kappa shape index (κ2) is 3.80. The van der Waals surface area contributed by atoms with Crippen LogP contribution in [0.15, 0.2) is 22.9 Å². The maximum Gasteiger partial charge on any atom is 0.128 e. The third-order valence-electron chi connectivity index (χ3n) is 0.540. The Hall–Kier alpha value is -0.150. The van der Waals surface area contributed by atoms with Crippen molar-refractivity contribution in [3.8, 4) is 0 Å². The van der Waals surface area contributed by atoms with Crippen LogP contribution in [0, 0.1) is 0 Å². The Morgan fingerprint density at radius 2 is 2.25 bits per heavy atom. The Balaban J connectivity index is 0.000000490. The predicted molar refractivity (Wildman–Crippen MR) is 37.0 cm³/mol. The van der Waals surface area contributed by atoms with Crippen molar-refractivity contribution in [2.45, 2.75) is 0 Å². The van der Waals surface area contributed by atoms with E-state index in [1.807, 2.05) is 12.1 Å². The average Bonchev–Trinajstić information content (AvgIpc) is 1.69. The first-order chi connectivity index (χ1) is 3.39. The first kappa shape index (κ1) is 7.85. The molecule has 2 nitrogen and oxygen atoms in total. The van der Waals surface area contributed by atoms with Gasteiger partial charge in [0.1, 0.15) is 4.60 Å². The molecule has 0 N–H and O–H groups in total. The molecule has 0 fully saturated rings. The number of nitrogens with zero attached hydrogens (tertiary/aromatic N) is 2. The van der Waals surface area contributed by atoms with E-state index in [-0.39, 0.29) is 12.4 Å². The Bertz CT molecular complexity index is 144. The molecule has 1 aromatic heterocycles. The molecule has 1 rings (SSSR count). The second-order valence-corrected chi connectivity index (χ2v) is 1.86. The monoisotopic (exact) mass is 194 g/mol. The van der Waals surface area contributed by atoms with E-state index in [1.54, 1.807) is 6.20 Å². The van der Waals surface area contributed by atoms with Gasteiger partial charge in [-0.05, 0) is 28.1 Å². The number of aromatic nitrogens is 2. The minimum absolute atomic E-state index is 0. The number of hydrogen-bond acceptors (Lipinski definition) is 2. The van der Waals surface area contributed by atoms with Crippen LogP contribution < -0.4 is 0 Å². The van der Waals surface area contributed by atoms with E-state index in [4.69, 9.17) is 0 Å². The van der Waals surface area contributed by atoms with Gasteiger partial charge < -0.3 is 0 Å². The van der Waals surface area contributed by atoms with Gasteiger partial charge in [-0.3, -0.25) is 0 Å². The summed E-state index contributed by atoms with van der Waals surface area (Å²) in [4.78, 5) is 0. The Morgan fingerprint density at radius 1 is 1.50 bits per heavy atom. The molecule has 0 aliphatic rings. The van der Waals surface area contributed by atoms with Gasteiger partial charge in [0, 0.05) is 6.20 Å². The van der Waals surface area contributed by atoms with E-state index in [1.165, 1.54) is 0 Å². The average molecular weight is 195 g/mol. The van der Waals surface area contributed by atoms with Gasteiger partial charge in [0.15, 0.2) is 0 Å². The van der Waals surface area contributed by atoms with Crippen molar-refractivity contribution in [2.75, 3.05) is 0 Å². The minimum atomic E-state index is 0. The molecule has 0 unspecified atom stereocenters. The molecule has 44 valence electrons. The van der Waals surface area contributed by atoms with Crippen molar-refractivity contribution in [3.63, 3.8) is 0 Å². The summed E-state index contributed by atoms with van der Waals surface area (Å²) in [5, 5.41) is 7.23. The summed E-state index contributed by atoms with van der Waals surface area (Å²) in [6.07, 6.45) is 1.63. The lowest BCUT2D eigenvalue weighted by atomic mass is 10.6. The zero-order valence-corrected chi connectivity index (χ0v) is 6.32. The van der Waals surface area contributed by atoms with Crippen LogP contribution >= 0.6 is 28.3 Å². The summed E-state index contributed by atoms with van der Waals surface area (Å²) < 4.78 is 0.773. The van der Waals surface area contributed by atoms with Crippen LogP contribution in [-0.2, 0) is 0 Å². The van der Waals surface area contributed by atoms with Crippen LogP contribution in [0.2, 0.25) is 0 Å². The van der Waals surface area contributed by atoms with Crippen LogP contribution in [0.5, 0.6) is 0 Å². The summed E-state index contributed by atoms with van der Waals surface area (Å²) >= 11 is 3.14. The fourth-order valence-corrected chi connectivity index (χ4v) is 0.527. The first-order valence-corrected chi connectivity index (χ1v) is 2.62. The normalized spacial score (nSPS) is 7.62. The summed E-state index contributed by atoms with van der Waals surface area (Å²) in [5.41, 5.74) is 0. The summed E-state index contributed by atoms with van der Waals surface area (Å²) in [7, 11) is 0. The van der Waals surface area contributed by atoms with E-state index in [0.717, 1.165) is 4.60 Å². The zero-order valence-electron chi connectivity index (χ0n) is 3.91. The van der Waals surface area contributed by atoms with Crippen molar-refractivity contribution in [2.24, 2.45) is 0 Å². The van der Waals surface area contributed by atoms with E-state index in [2.05, 4.69) is 26.1 Å². The molecule has 1 aromatic rings. The predicted octanol–water partition coefficient (Wildman–Crippen LogP) is 1.66. The van der Waals surface area contributed by atoms with Gasteiger partial charge in [0.25, 0.3) is 0 Å². The van der Waals surface area contributed by atoms with Crippen molar-refractivity contribution >= 4 is 28.3 Å². The van der Waals surface area contributed by atoms with E-state index < -0.39 is 0 Å². The molecule has 0 amide bonds. The fourth-order valence-electron chi connectivity index (χ4n) is 0.283. The van der Waals surface area contributed by atoms with Crippen molar-refractivity contribution in [3.05, 3.63) is 22.9 Å². The van der Waals surface area contributed by atoms with Crippen LogP contribution in [0.3, 0.4) is 0 Å².